The first-order valence-corrected chi connectivity index (χ1v) is 6.43. The Labute approximate surface area is 126 Å². The fourth-order valence-corrected chi connectivity index (χ4v) is 1.87. The summed E-state index contributed by atoms with van der Waals surface area (Å²) >= 11 is 0. The lowest BCUT2D eigenvalue weighted by Crippen LogP contribution is -2.20. The number of para-hydroxylation sites is 1. The number of hydrazone groups is 1. The molecule has 1 heterocycles. The summed E-state index contributed by atoms with van der Waals surface area (Å²) in [5, 5.41) is 8.81. The van der Waals surface area contributed by atoms with Gasteiger partial charge in [-0.2, -0.15) is 5.10 Å². The van der Waals surface area contributed by atoms with Crippen LogP contribution in [0.15, 0.2) is 34.2 Å². The highest BCUT2D eigenvalue weighted by atomic mass is 16.5. The Balaban J connectivity index is 2.00. The number of nitrogens with zero attached hydrogens (tertiary/aromatic N) is 1. The van der Waals surface area contributed by atoms with Crippen molar-refractivity contribution in [2.45, 2.75) is 6.42 Å². The normalized spacial score (nSPS) is 10.6. The molecule has 0 saturated carbocycles. The third kappa shape index (κ3) is 3.75. The van der Waals surface area contributed by atoms with Crippen molar-refractivity contribution >= 4 is 12.1 Å². The number of aromatic amines is 2. The van der Waals surface area contributed by atoms with Gasteiger partial charge >= 0.3 is 0 Å². The molecule has 3 N–H and O–H groups in total. The molecule has 8 nitrogen and oxygen atoms in total. The second kappa shape index (κ2) is 7.11. The van der Waals surface area contributed by atoms with E-state index >= 15 is 0 Å². The highest BCUT2D eigenvalue weighted by Crippen LogP contribution is 2.29. The van der Waals surface area contributed by atoms with Crippen molar-refractivity contribution in [2.24, 2.45) is 5.10 Å². The second-order valence-corrected chi connectivity index (χ2v) is 4.34. The van der Waals surface area contributed by atoms with Crippen LogP contribution in [0, 0.1) is 0 Å². The monoisotopic (exact) mass is 304 g/mol. The van der Waals surface area contributed by atoms with Crippen LogP contribution in [0.25, 0.3) is 0 Å². The van der Waals surface area contributed by atoms with Gasteiger partial charge in [0, 0.05) is 17.3 Å². The summed E-state index contributed by atoms with van der Waals surface area (Å²) in [5.74, 6) is 0.744. The fourth-order valence-electron chi connectivity index (χ4n) is 1.87. The summed E-state index contributed by atoms with van der Waals surface area (Å²) in [6, 6.07) is 6.64. The van der Waals surface area contributed by atoms with Crippen LogP contribution in [0.1, 0.15) is 11.3 Å². The largest absolute Gasteiger partial charge is 0.493 e. The zero-order chi connectivity index (χ0) is 15.9. The summed E-state index contributed by atoms with van der Waals surface area (Å²) in [6.45, 7) is 0. The van der Waals surface area contributed by atoms with Crippen molar-refractivity contribution in [1.82, 2.24) is 15.6 Å². The number of carbonyl (C=O) groups is 1. The Hall–Kier alpha value is -3.03. The molecule has 1 aromatic heterocycles. The third-order valence-electron chi connectivity index (χ3n) is 2.83. The van der Waals surface area contributed by atoms with Crippen molar-refractivity contribution in [2.75, 3.05) is 14.2 Å². The SMILES string of the molecule is COc1cccc(C=NNC(=O)Cc2cc(=O)[nH][nH]2)c1OC. The van der Waals surface area contributed by atoms with E-state index in [-0.39, 0.29) is 17.9 Å². The maximum atomic E-state index is 11.7. The first kappa shape index (κ1) is 15.4. The van der Waals surface area contributed by atoms with Gasteiger partial charge in [-0.15, -0.1) is 0 Å². The number of carbonyl (C=O) groups excluding carboxylic acids is 1. The zero-order valence-electron chi connectivity index (χ0n) is 12.2. The fraction of sp³-hybridized carbons (Fsp3) is 0.214. The summed E-state index contributed by atoms with van der Waals surface area (Å²) < 4.78 is 10.4. The maximum Gasteiger partial charge on any atom is 0.264 e. The van der Waals surface area contributed by atoms with Gasteiger partial charge < -0.3 is 14.6 Å². The molecule has 0 aliphatic rings. The lowest BCUT2D eigenvalue weighted by molar-refractivity contribution is -0.120. The summed E-state index contributed by atoms with van der Waals surface area (Å²) in [5.41, 5.74) is 3.24. The molecule has 8 heteroatoms. The number of hydrogen-bond donors (Lipinski definition) is 3. The number of H-pyrrole nitrogens is 2. The van der Waals surface area contributed by atoms with Gasteiger partial charge in [0.15, 0.2) is 11.5 Å². The Bertz CT molecular complexity index is 732. The lowest BCUT2D eigenvalue weighted by Gasteiger charge is -2.09. The van der Waals surface area contributed by atoms with Crippen LogP contribution in [0.2, 0.25) is 0 Å². The first-order chi connectivity index (χ1) is 10.6. The van der Waals surface area contributed by atoms with Gasteiger partial charge in [0.1, 0.15) is 0 Å². The molecule has 2 rings (SSSR count). The quantitative estimate of drug-likeness (QED) is 0.530. The number of amides is 1. The molecule has 22 heavy (non-hydrogen) atoms. The number of nitrogens with one attached hydrogen (secondary N) is 3. The van der Waals surface area contributed by atoms with E-state index in [1.54, 1.807) is 18.2 Å². The van der Waals surface area contributed by atoms with Crippen LogP contribution in [0.3, 0.4) is 0 Å². The van der Waals surface area contributed by atoms with Crippen molar-refractivity contribution in [3.05, 3.63) is 45.9 Å². The standard InChI is InChI=1S/C14H16N4O4/c1-21-11-5-3-4-9(14(11)22-2)8-15-17-12(19)6-10-7-13(20)18-16-10/h3-5,7-8H,6H2,1-2H3,(H,17,19)(H2,16,18,20). The molecule has 0 fully saturated rings. The Morgan fingerprint density at radius 3 is 2.77 bits per heavy atom. The van der Waals surface area contributed by atoms with E-state index in [9.17, 15) is 9.59 Å². The molecule has 0 bridgehead atoms. The highest BCUT2D eigenvalue weighted by molar-refractivity contribution is 5.86. The van der Waals surface area contributed by atoms with Crippen LogP contribution in [-0.2, 0) is 11.2 Å². The van der Waals surface area contributed by atoms with E-state index in [0.29, 0.717) is 22.8 Å². The zero-order valence-corrected chi connectivity index (χ0v) is 12.2. The summed E-state index contributed by atoms with van der Waals surface area (Å²) in [4.78, 5) is 22.6. The van der Waals surface area contributed by atoms with Gasteiger partial charge in [-0.05, 0) is 12.1 Å². The van der Waals surface area contributed by atoms with Crippen LogP contribution >= 0.6 is 0 Å². The minimum absolute atomic E-state index is 0.0192. The minimum atomic E-state index is -0.353. The van der Waals surface area contributed by atoms with Crippen molar-refractivity contribution < 1.29 is 14.3 Å². The topological polar surface area (TPSA) is 109 Å². The van der Waals surface area contributed by atoms with E-state index in [4.69, 9.17) is 9.47 Å². The molecule has 1 aromatic carbocycles. The number of benzene rings is 1. The Morgan fingerprint density at radius 1 is 1.32 bits per heavy atom. The first-order valence-electron chi connectivity index (χ1n) is 6.43. The van der Waals surface area contributed by atoms with Gasteiger partial charge in [0.25, 0.3) is 5.56 Å². The molecular weight excluding hydrogens is 288 g/mol. The van der Waals surface area contributed by atoms with E-state index < -0.39 is 0 Å². The molecule has 0 saturated heterocycles. The molecule has 116 valence electrons. The van der Waals surface area contributed by atoms with Gasteiger partial charge in [0.05, 0.1) is 26.9 Å². The van der Waals surface area contributed by atoms with Gasteiger partial charge in [-0.1, -0.05) is 6.07 Å². The summed E-state index contributed by atoms with van der Waals surface area (Å²) in [7, 11) is 3.06. The molecule has 0 aliphatic carbocycles. The Morgan fingerprint density at radius 2 is 2.14 bits per heavy atom. The maximum absolute atomic E-state index is 11.7. The number of hydrogen-bond acceptors (Lipinski definition) is 5. The van der Waals surface area contributed by atoms with Crippen LogP contribution in [0.5, 0.6) is 11.5 Å². The number of methoxy groups -OCH3 is 2. The van der Waals surface area contributed by atoms with Crippen LogP contribution in [-0.4, -0.2) is 36.5 Å². The predicted octanol–water partition coefficient (Wildman–Crippen LogP) is 0.413. The molecule has 0 unspecified atom stereocenters. The number of ether oxygens (including phenoxy) is 2. The minimum Gasteiger partial charge on any atom is -0.493 e. The number of aromatic nitrogens is 2. The Kier molecular flexibility index (Phi) is 4.97. The molecule has 0 aliphatic heterocycles. The van der Waals surface area contributed by atoms with Crippen molar-refractivity contribution in [3.63, 3.8) is 0 Å². The van der Waals surface area contributed by atoms with Crippen molar-refractivity contribution in [1.29, 1.82) is 0 Å². The lowest BCUT2D eigenvalue weighted by atomic mass is 10.2. The van der Waals surface area contributed by atoms with E-state index in [0.717, 1.165) is 0 Å². The molecule has 0 radical (unpaired) electrons. The van der Waals surface area contributed by atoms with Crippen molar-refractivity contribution in [3.8, 4) is 11.5 Å². The number of rotatable bonds is 6. The predicted molar refractivity (Wildman–Crippen MR) is 80.4 cm³/mol. The third-order valence-corrected chi connectivity index (χ3v) is 2.83. The van der Waals surface area contributed by atoms with Gasteiger partial charge in [-0.25, -0.2) is 5.43 Å². The molecule has 0 atom stereocenters. The average Bonchev–Trinajstić information content (AvgIpc) is 2.91. The van der Waals surface area contributed by atoms with Crippen LogP contribution in [0.4, 0.5) is 0 Å². The molecule has 0 spiro atoms. The van der Waals surface area contributed by atoms with E-state index in [1.807, 2.05) is 0 Å². The van der Waals surface area contributed by atoms with E-state index in [2.05, 4.69) is 20.7 Å². The summed E-state index contributed by atoms with van der Waals surface area (Å²) in [6.07, 6.45) is 1.48. The van der Waals surface area contributed by atoms with Crippen LogP contribution < -0.4 is 20.5 Å². The highest BCUT2D eigenvalue weighted by Gasteiger charge is 2.08. The second-order valence-electron chi connectivity index (χ2n) is 4.34. The average molecular weight is 304 g/mol. The molecule has 2 aromatic rings. The smallest absolute Gasteiger partial charge is 0.264 e. The van der Waals surface area contributed by atoms with Gasteiger partial charge in [0.2, 0.25) is 5.91 Å². The molecule has 1 amide bonds. The van der Waals surface area contributed by atoms with E-state index in [1.165, 1.54) is 26.5 Å². The molecular formula is C14H16N4O4. The van der Waals surface area contributed by atoms with Gasteiger partial charge in [-0.3, -0.25) is 14.7 Å².